The van der Waals surface area contributed by atoms with Crippen LogP contribution in [0.2, 0.25) is 0 Å². The summed E-state index contributed by atoms with van der Waals surface area (Å²) in [5, 5.41) is 0. The maximum Gasteiger partial charge on any atom is 0.319 e. The van der Waals surface area contributed by atoms with Crippen molar-refractivity contribution >= 4 is 8.25 Å². The Balaban J connectivity index is 1.80. The number of ether oxygens (including phenoxy) is 2. The lowest BCUT2D eigenvalue weighted by molar-refractivity contribution is 0.212. The van der Waals surface area contributed by atoms with Gasteiger partial charge in [0.15, 0.2) is 0 Å². The van der Waals surface area contributed by atoms with Crippen LogP contribution in [-0.4, -0.2) is 14.2 Å². The third kappa shape index (κ3) is 5.19. The average Bonchev–Trinajstić information content (AvgIpc) is 2.58. The molecule has 0 N–H and O–H groups in total. The number of hydrogen-bond donors (Lipinski definition) is 0. The molecule has 0 bridgehead atoms. The van der Waals surface area contributed by atoms with Crippen LogP contribution in [0.3, 0.4) is 0 Å². The predicted octanol–water partition coefficient (Wildman–Crippen LogP) is 3.83. The van der Waals surface area contributed by atoms with Crippen LogP contribution in [0.15, 0.2) is 48.5 Å². The normalized spacial score (nSPS) is 10.7. The SMILES string of the molecule is COc1cccc(CO[PH](=O)OCc2cccc(OC)c2)c1. The zero-order valence-electron chi connectivity index (χ0n) is 12.6. The average molecular weight is 322 g/mol. The van der Waals surface area contributed by atoms with Crippen molar-refractivity contribution in [3.05, 3.63) is 59.7 Å². The van der Waals surface area contributed by atoms with Crippen LogP contribution in [0, 0.1) is 0 Å². The maximum atomic E-state index is 11.8. The summed E-state index contributed by atoms with van der Waals surface area (Å²) < 4.78 is 32.5. The molecule has 2 aromatic carbocycles. The van der Waals surface area contributed by atoms with E-state index in [0.29, 0.717) is 0 Å². The third-order valence-electron chi connectivity index (χ3n) is 2.98. The molecule has 0 amide bonds. The number of hydrogen-bond acceptors (Lipinski definition) is 5. The summed E-state index contributed by atoms with van der Waals surface area (Å²) in [4.78, 5) is 0. The summed E-state index contributed by atoms with van der Waals surface area (Å²) in [6, 6.07) is 14.8. The lowest BCUT2D eigenvalue weighted by Gasteiger charge is -2.08. The van der Waals surface area contributed by atoms with Gasteiger partial charge >= 0.3 is 8.25 Å². The van der Waals surface area contributed by atoms with E-state index in [9.17, 15) is 4.57 Å². The molecule has 0 radical (unpaired) electrons. The van der Waals surface area contributed by atoms with Gasteiger partial charge in [-0.05, 0) is 35.4 Å². The van der Waals surface area contributed by atoms with E-state index in [1.165, 1.54) is 0 Å². The van der Waals surface area contributed by atoms with Gasteiger partial charge in [0.2, 0.25) is 0 Å². The largest absolute Gasteiger partial charge is 0.497 e. The van der Waals surface area contributed by atoms with Crippen molar-refractivity contribution in [3.63, 3.8) is 0 Å². The fourth-order valence-corrected chi connectivity index (χ4v) is 2.50. The summed E-state index contributed by atoms with van der Waals surface area (Å²) in [7, 11) is 0.640. The van der Waals surface area contributed by atoms with E-state index in [2.05, 4.69) is 0 Å². The molecule has 0 aliphatic rings. The van der Waals surface area contributed by atoms with Crippen LogP contribution in [-0.2, 0) is 26.8 Å². The van der Waals surface area contributed by atoms with Crippen LogP contribution >= 0.6 is 8.25 Å². The Labute approximate surface area is 130 Å². The molecule has 2 rings (SSSR count). The molecule has 0 fully saturated rings. The number of benzene rings is 2. The van der Waals surface area contributed by atoms with Crippen molar-refractivity contribution in [2.45, 2.75) is 13.2 Å². The van der Waals surface area contributed by atoms with Gasteiger partial charge in [-0.25, -0.2) is 0 Å². The standard InChI is InChI=1S/C16H19O5P/c1-18-15-7-3-5-13(9-15)11-20-22(17)21-12-14-6-4-8-16(10-14)19-2/h3-10,22H,11-12H2,1-2H3. The van der Waals surface area contributed by atoms with Gasteiger partial charge in [-0.3, -0.25) is 4.57 Å². The van der Waals surface area contributed by atoms with Gasteiger partial charge in [-0.2, -0.15) is 0 Å². The summed E-state index contributed by atoms with van der Waals surface area (Å²) in [5.41, 5.74) is 1.75. The summed E-state index contributed by atoms with van der Waals surface area (Å²) >= 11 is 0. The van der Waals surface area contributed by atoms with Gasteiger partial charge in [-0.15, -0.1) is 0 Å². The Bertz CT molecular complexity index is 576. The van der Waals surface area contributed by atoms with Crippen LogP contribution in [0.1, 0.15) is 11.1 Å². The molecule has 0 aliphatic carbocycles. The van der Waals surface area contributed by atoms with Crippen molar-refractivity contribution in [2.75, 3.05) is 14.2 Å². The Morgan fingerprint density at radius 1 is 0.818 bits per heavy atom. The molecule has 2 aromatic rings. The van der Waals surface area contributed by atoms with E-state index in [-0.39, 0.29) is 13.2 Å². The van der Waals surface area contributed by atoms with Gasteiger partial charge in [0, 0.05) is 0 Å². The molecular formula is C16H19O5P. The molecule has 0 aromatic heterocycles. The zero-order valence-corrected chi connectivity index (χ0v) is 13.6. The highest BCUT2D eigenvalue weighted by Gasteiger charge is 2.04. The van der Waals surface area contributed by atoms with Crippen LogP contribution in [0.4, 0.5) is 0 Å². The molecule has 0 saturated carbocycles. The second-order valence-corrected chi connectivity index (χ2v) is 5.61. The lowest BCUT2D eigenvalue weighted by Crippen LogP contribution is -1.92. The maximum absolute atomic E-state index is 11.8. The topological polar surface area (TPSA) is 54.0 Å². The van der Waals surface area contributed by atoms with E-state index in [4.69, 9.17) is 18.5 Å². The third-order valence-corrected chi connectivity index (χ3v) is 3.74. The Hall–Kier alpha value is -1.81. The minimum Gasteiger partial charge on any atom is -0.497 e. The van der Waals surface area contributed by atoms with Crippen LogP contribution < -0.4 is 9.47 Å². The zero-order chi connectivity index (χ0) is 15.8. The highest BCUT2D eigenvalue weighted by atomic mass is 31.1. The lowest BCUT2D eigenvalue weighted by atomic mass is 10.2. The molecule has 6 heteroatoms. The van der Waals surface area contributed by atoms with Crippen molar-refractivity contribution in [2.24, 2.45) is 0 Å². The van der Waals surface area contributed by atoms with Crippen LogP contribution in [0.5, 0.6) is 11.5 Å². The molecule has 22 heavy (non-hydrogen) atoms. The van der Waals surface area contributed by atoms with Crippen molar-refractivity contribution < 1.29 is 23.1 Å². The molecule has 0 unspecified atom stereocenters. The highest BCUT2D eigenvalue weighted by Crippen LogP contribution is 2.28. The Kier molecular flexibility index (Phi) is 6.46. The quantitative estimate of drug-likeness (QED) is 0.691. The van der Waals surface area contributed by atoms with Crippen molar-refractivity contribution in [3.8, 4) is 11.5 Å². The van der Waals surface area contributed by atoms with E-state index in [1.807, 2.05) is 48.5 Å². The Morgan fingerprint density at radius 2 is 1.27 bits per heavy atom. The predicted molar refractivity (Wildman–Crippen MR) is 84.6 cm³/mol. The monoisotopic (exact) mass is 322 g/mol. The van der Waals surface area contributed by atoms with Gasteiger partial charge in [0.25, 0.3) is 0 Å². The summed E-state index contributed by atoms with van der Waals surface area (Å²) in [6.07, 6.45) is 0. The molecule has 118 valence electrons. The van der Waals surface area contributed by atoms with Gasteiger partial charge < -0.3 is 18.5 Å². The van der Waals surface area contributed by atoms with E-state index >= 15 is 0 Å². The second kappa shape index (κ2) is 8.59. The molecule has 0 aliphatic heterocycles. The first-order valence-electron chi connectivity index (χ1n) is 6.76. The van der Waals surface area contributed by atoms with Gasteiger partial charge in [0.1, 0.15) is 11.5 Å². The highest BCUT2D eigenvalue weighted by molar-refractivity contribution is 7.33. The fourth-order valence-electron chi connectivity index (χ4n) is 1.85. The van der Waals surface area contributed by atoms with Crippen molar-refractivity contribution in [1.82, 2.24) is 0 Å². The summed E-state index contributed by atoms with van der Waals surface area (Å²) in [6.45, 7) is 0.431. The Morgan fingerprint density at radius 3 is 1.68 bits per heavy atom. The second-order valence-electron chi connectivity index (χ2n) is 4.53. The van der Waals surface area contributed by atoms with Gasteiger partial charge in [-0.1, -0.05) is 24.3 Å². The molecule has 0 heterocycles. The minimum atomic E-state index is -2.55. The number of rotatable bonds is 8. The van der Waals surface area contributed by atoms with E-state index in [0.717, 1.165) is 22.6 Å². The molecule has 0 spiro atoms. The molecular weight excluding hydrogens is 303 g/mol. The fraction of sp³-hybridized carbons (Fsp3) is 0.250. The number of methoxy groups -OCH3 is 2. The minimum absolute atomic E-state index is 0.215. The van der Waals surface area contributed by atoms with E-state index in [1.54, 1.807) is 14.2 Å². The smallest absolute Gasteiger partial charge is 0.319 e. The van der Waals surface area contributed by atoms with Crippen LogP contribution in [0.25, 0.3) is 0 Å². The molecule has 5 nitrogen and oxygen atoms in total. The first-order valence-corrected chi connectivity index (χ1v) is 7.99. The van der Waals surface area contributed by atoms with E-state index < -0.39 is 8.25 Å². The first kappa shape index (κ1) is 16.6. The summed E-state index contributed by atoms with van der Waals surface area (Å²) in [5.74, 6) is 1.47. The molecule has 0 saturated heterocycles. The van der Waals surface area contributed by atoms with Gasteiger partial charge in [0.05, 0.1) is 27.4 Å². The molecule has 0 atom stereocenters. The first-order chi connectivity index (χ1) is 10.7. The van der Waals surface area contributed by atoms with Crippen molar-refractivity contribution in [1.29, 1.82) is 0 Å².